The molecule has 1 heteroatoms. The third kappa shape index (κ3) is 2.85. The number of hydrogen-bond donors (Lipinski definition) is 0. The zero-order chi connectivity index (χ0) is 14.8. The Bertz CT molecular complexity index is 665. The molecule has 0 amide bonds. The second kappa shape index (κ2) is 6.19. The van der Waals surface area contributed by atoms with E-state index in [2.05, 4.69) is 78.3 Å². The Kier molecular flexibility index (Phi) is 4.30. The molecule has 0 bridgehead atoms. The van der Waals surface area contributed by atoms with E-state index in [-0.39, 0.29) is 0 Å². The second-order valence-corrected chi connectivity index (χ2v) is 6.73. The van der Waals surface area contributed by atoms with Crippen LogP contribution in [-0.4, -0.2) is 0 Å². The molecule has 0 N–H and O–H groups in total. The molecule has 21 heavy (non-hydrogen) atoms. The molecule has 0 heterocycles. The summed E-state index contributed by atoms with van der Waals surface area (Å²) in [6.45, 7) is 4.50. The summed E-state index contributed by atoms with van der Waals surface area (Å²) in [4.78, 5) is 0. The van der Waals surface area contributed by atoms with E-state index in [1.807, 2.05) is 0 Å². The standard InChI is InChI=1S/C20H21Br/c1-3-4-5-15-7-9-16(10-8-15)20-18-11-6-14(2)17(18)12-13-19(20)21/h6-14H,3-5H2,1-2H3. The van der Waals surface area contributed by atoms with Gasteiger partial charge in [-0.15, -0.1) is 0 Å². The van der Waals surface area contributed by atoms with Crippen LogP contribution in [0.3, 0.4) is 0 Å². The molecule has 0 aliphatic heterocycles. The normalized spacial score (nSPS) is 16.2. The van der Waals surface area contributed by atoms with E-state index < -0.39 is 0 Å². The molecule has 108 valence electrons. The van der Waals surface area contributed by atoms with Crippen molar-refractivity contribution in [3.05, 3.63) is 63.6 Å². The first kappa shape index (κ1) is 14.6. The SMILES string of the molecule is CCCCc1ccc(-c2c(Br)ccc3c2C=CC3C)cc1. The van der Waals surface area contributed by atoms with Crippen molar-refractivity contribution in [1.29, 1.82) is 0 Å². The van der Waals surface area contributed by atoms with Gasteiger partial charge in [0.1, 0.15) is 0 Å². The van der Waals surface area contributed by atoms with E-state index in [1.54, 1.807) is 0 Å². The first-order valence-electron chi connectivity index (χ1n) is 7.80. The molecule has 0 radical (unpaired) electrons. The number of hydrogen-bond acceptors (Lipinski definition) is 0. The van der Waals surface area contributed by atoms with Gasteiger partial charge in [0.05, 0.1) is 0 Å². The van der Waals surface area contributed by atoms with Gasteiger partial charge in [-0.05, 0) is 47.1 Å². The molecule has 3 rings (SSSR count). The molecule has 1 unspecified atom stereocenters. The lowest BCUT2D eigenvalue weighted by Crippen LogP contribution is -1.92. The first-order valence-corrected chi connectivity index (χ1v) is 8.60. The topological polar surface area (TPSA) is 0 Å². The summed E-state index contributed by atoms with van der Waals surface area (Å²) < 4.78 is 1.18. The van der Waals surface area contributed by atoms with Crippen molar-refractivity contribution in [3.8, 4) is 11.1 Å². The molecule has 2 aromatic rings. The molecule has 1 atom stereocenters. The predicted molar refractivity (Wildman–Crippen MR) is 95.6 cm³/mol. The Morgan fingerprint density at radius 2 is 1.81 bits per heavy atom. The van der Waals surface area contributed by atoms with Gasteiger partial charge in [0.25, 0.3) is 0 Å². The quantitative estimate of drug-likeness (QED) is 0.588. The maximum atomic E-state index is 3.73. The van der Waals surface area contributed by atoms with Crippen LogP contribution in [0.15, 0.2) is 46.9 Å². The Morgan fingerprint density at radius 3 is 2.52 bits per heavy atom. The van der Waals surface area contributed by atoms with Gasteiger partial charge in [0, 0.05) is 10.0 Å². The fraction of sp³-hybridized carbons (Fsp3) is 0.300. The largest absolute Gasteiger partial charge is 0.0766 e. The maximum Gasteiger partial charge on any atom is 0.0259 e. The average molecular weight is 341 g/mol. The van der Waals surface area contributed by atoms with Crippen molar-refractivity contribution in [2.45, 2.75) is 39.0 Å². The van der Waals surface area contributed by atoms with Crippen LogP contribution < -0.4 is 0 Å². The minimum atomic E-state index is 0.524. The van der Waals surface area contributed by atoms with E-state index in [0.717, 1.165) is 0 Å². The third-order valence-corrected chi connectivity index (χ3v) is 4.99. The van der Waals surface area contributed by atoms with Crippen molar-refractivity contribution >= 4 is 22.0 Å². The smallest absolute Gasteiger partial charge is 0.0259 e. The van der Waals surface area contributed by atoms with Gasteiger partial charge in [-0.25, -0.2) is 0 Å². The van der Waals surface area contributed by atoms with Crippen LogP contribution in [-0.2, 0) is 6.42 Å². The number of rotatable bonds is 4. The molecule has 0 saturated heterocycles. The lowest BCUT2D eigenvalue weighted by atomic mass is 9.93. The number of halogens is 1. The van der Waals surface area contributed by atoms with E-state index in [1.165, 1.54) is 51.6 Å². The highest BCUT2D eigenvalue weighted by Gasteiger charge is 2.18. The summed E-state index contributed by atoms with van der Waals surface area (Å²) >= 11 is 3.73. The Morgan fingerprint density at radius 1 is 1.05 bits per heavy atom. The highest BCUT2D eigenvalue weighted by atomic mass is 79.9. The molecular weight excluding hydrogens is 320 g/mol. The number of fused-ring (bicyclic) bond motifs is 1. The number of aryl methyl sites for hydroxylation is 1. The summed E-state index contributed by atoms with van der Waals surface area (Å²) in [5.74, 6) is 0.524. The fourth-order valence-corrected chi connectivity index (χ4v) is 3.62. The summed E-state index contributed by atoms with van der Waals surface area (Å²) in [5.41, 5.74) is 6.88. The summed E-state index contributed by atoms with van der Waals surface area (Å²) in [7, 11) is 0. The Hall–Kier alpha value is -1.34. The van der Waals surface area contributed by atoms with E-state index in [4.69, 9.17) is 0 Å². The fourth-order valence-electron chi connectivity index (χ4n) is 3.04. The monoisotopic (exact) mass is 340 g/mol. The van der Waals surface area contributed by atoms with Crippen molar-refractivity contribution < 1.29 is 0 Å². The molecule has 0 aromatic heterocycles. The number of unbranched alkanes of at least 4 members (excludes halogenated alkanes) is 1. The molecule has 0 nitrogen and oxygen atoms in total. The van der Waals surface area contributed by atoms with Gasteiger partial charge in [0.2, 0.25) is 0 Å². The van der Waals surface area contributed by atoms with E-state index >= 15 is 0 Å². The molecule has 2 aromatic carbocycles. The highest BCUT2D eigenvalue weighted by Crippen LogP contribution is 2.40. The number of benzene rings is 2. The van der Waals surface area contributed by atoms with Crippen molar-refractivity contribution in [3.63, 3.8) is 0 Å². The van der Waals surface area contributed by atoms with Crippen LogP contribution in [0.4, 0.5) is 0 Å². The van der Waals surface area contributed by atoms with Crippen LogP contribution in [0, 0.1) is 0 Å². The molecule has 1 aliphatic carbocycles. The van der Waals surface area contributed by atoms with Gasteiger partial charge in [-0.1, -0.05) is 78.7 Å². The first-order chi connectivity index (χ1) is 10.2. The van der Waals surface area contributed by atoms with Crippen molar-refractivity contribution in [1.82, 2.24) is 0 Å². The predicted octanol–water partition coefficient (Wildman–Crippen LogP) is 6.59. The van der Waals surface area contributed by atoms with Crippen LogP contribution in [0.1, 0.15) is 49.3 Å². The lowest BCUT2D eigenvalue weighted by molar-refractivity contribution is 0.795. The highest BCUT2D eigenvalue weighted by molar-refractivity contribution is 9.10. The molecular formula is C20H21Br. The lowest BCUT2D eigenvalue weighted by Gasteiger charge is -2.13. The Labute approximate surface area is 136 Å². The van der Waals surface area contributed by atoms with Crippen molar-refractivity contribution in [2.75, 3.05) is 0 Å². The molecule has 0 fully saturated rings. The van der Waals surface area contributed by atoms with Gasteiger partial charge in [-0.2, -0.15) is 0 Å². The molecule has 0 spiro atoms. The van der Waals surface area contributed by atoms with Crippen LogP contribution in [0.5, 0.6) is 0 Å². The van der Waals surface area contributed by atoms with Crippen LogP contribution in [0.2, 0.25) is 0 Å². The summed E-state index contributed by atoms with van der Waals surface area (Å²) in [6.07, 6.45) is 8.26. The van der Waals surface area contributed by atoms with Gasteiger partial charge >= 0.3 is 0 Å². The second-order valence-electron chi connectivity index (χ2n) is 5.87. The maximum absolute atomic E-state index is 3.73. The van der Waals surface area contributed by atoms with Gasteiger partial charge in [0.15, 0.2) is 0 Å². The summed E-state index contributed by atoms with van der Waals surface area (Å²) in [6, 6.07) is 13.5. The minimum Gasteiger partial charge on any atom is -0.0766 e. The van der Waals surface area contributed by atoms with Crippen LogP contribution >= 0.6 is 15.9 Å². The molecule has 1 aliphatic rings. The van der Waals surface area contributed by atoms with E-state index in [9.17, 15) is 0 Å². The van der Waals surface area contributed by atoms with Crippen molar-refractivity contribution in [2.24, 2.45) is 0 Å². The third-order valence-electron chi connectivity index (χ3n) is 4.33. The van der Waals surface area contributed by atoms with Gasteiger partial charge in [-0.3, -0.25) is 0 Å². The average Bonchev–Trinajstić information content (AvgIpc) is 2.87. The van der Waals surface area contributed by atoms with E-state index in [0.29, 0.717) is 5.92 Å². The zero-order valence-electron chi connectivity index (χ0n) is 12.7. The minimum absolute atomic E-state index is 0.524. The zero-order valence-corrected chi connectivity index (χ0v) is 14.3. The Balaban J connectivity index is 1.99. The number of allylic oxidation sites excluding steroid dienone is 1. The summed E-state index contributed by atoms with van der Waals surface area (Å²) in [5, 5.41) is 0. The van der Waals surface area contributed by atoms with Gasteiger partial charge < -0.3 is 0 Å². The van der Waals surface area contributed by atoms with Crippen LogP contribution in [0.25, 0.3) is 17.2 Å². The molecule has 0 saturated carbocycles.